The predicted molar refractivity (Wildman–Crippen MR) is 188 cm³/mol. The quantitative estimate of drug-likeness (QED) is 0.180. The van der Waals surface area contributed by atoms with Crippen LogP contribution < -0.4 is 20.5 Å². The first-order valence-electron chi connectivity index (χ1n) is 17.2. The summed E-state index contributed by atoms with van der Waals surface area (Å²) in [6.45, 7) is 2.74. The van der Waals surface area contributed by atoms with Crippen LogP contribution in [0.15, 0.2) is 70.5 Å². The summed E-state index contributed by atoms with van der Waals surface area (Å²) in [6, 6.07) is 15.5. The van der Waals surface area contributed by atoms with Crippen molar-refractivity contribution >= 4 is 19.9 Å². The van der Waals surface area contributed by atoms with E-state index in [0.29, 0.717) is 61.2 Å². The minimum absolute atomic E-state index is 0.0227. The monoisotopic (exact) mass is 747 g/mol. The molecule has 1 unspecified atom stereocenters. The molecular weight excluding hydrogens is 702 g/mol. The third kappa shape index (κ3) is 7.81. The zero-order chi connectivity index (χ0) is 36.4. The minimum atomic E-state index is -3.96. The van der Waals surface area contributed by atoms with Crippen molar-refractivity contribution in [2.45, 2.75) is 77.9 Å². The van der Waals surface area contributed by atoms with E-state index >= 15 is 0 Å². The number of nitrogens with one attached hydrogen (secondary N) is 1. The van der Waals surface area contributed by atoms with Crippen LogP contribution in [-0.4, -0.2) is 99.9 Å². The highest BCUT2D eigenvalue weighted by Gasteiger charge is 2.54. The summed E-state index contributed by atoms with van der Waals surface area (Å²) in [6.07, 6.45) is 1.58. The normalized spacial score (nSPS) is 20.7. The van der Waals surface area contributed by atoms with Crippen molar-refractivity contribution in [2.24, 2.45) is 5.73 Å². The molecule has 15 heteroatoms. The van der Waals surface area contributed by atoms with Crippen molar-refractivity contribution in [3.63, 3.8) is 0 Å². The predicted octanol–water partition coefficient (Wildman–Crippen LogP) is 2.99. The second-order valence-corrected chi connectivity index (χ2v) is 17.8. The molecule has 3 aromatic rings. The van der Waals surface area contributed by atoms with Gasteiger partial charge in [-0.05, 0) is 86.6 Å². The molecule has 6 rings (SSSR count). The van der Waals surface area contributed by atoms with E-state index in [1.807, 2.05) is 0 Å². The van der Waals surface area contributed by atoms with Crippen molar-refractivity contribution in [1.29, 1.82) is 0 Å². The van der Waals surface area contributed by atoms with Crippen LogP contribution in [0.2, 0.25) is 0 Å². The van der Waals surface area contributed by atoms with E-state index in [2.05, 4.69) is 5.32 Å². The number of halogens is 1. The van der Waals surface area contributed by atoms with Gasteiger partial charge in [0.05, 0.1) is 35.1 Å². The number of sulfone groups is 1. The largest absolute Gasteiger partial charge is 0.492 e. The molecule has 0 amide bonds. The maximum absolute atomic E-state index is 14.5. The number of sulfonamides is 1. The SMILES string of the molecule is CCOc1ccc(-c2ccc(CN)c(F)c2)cc1S(=O)(=O)N1CCC2(CC1)C[C@H](NCC(O)COc1cccc(S(=O)(=O)C3(CO)CC3)c1)CO2. The van der Waals surface area contributed by atoms with E-state index < -0.39 is 48.7 Å². The highest BCUT2D eigenvalue weighted by Crippen LogP contribution is 2.46. The van der Waals surface area contributed by atoms with Crippen LogP contribution in [0.5, 0.6) is 11.5 Å². The van der Waals surface area contributed by atoms with Gasteiger partial charge in [-0.3, -0.25) is 0 Å². The van der Waals surface area contributed by atoms with Crippen molar-refractivity contribution in [2.75, 3.05) is 46.1 Å². The Morgan fingerprint density at radius 2 is 1.75 bits per heavy atom. The summed E-state index contributed by atoms with van der Waals surface area (Å²) in [7, 11) is -7.66. The van der Waals surface area contributed by atoms with Crippen molar-refractivity contribution in [1.82, 2.24) is 9.62 Å². The topological polar surface area (TPSA) is 178 Å². The van der Waals surface area contributed by atoms with Gasteiger partial charge in [0.25, 0.3) is 0 Å². The first-order valence-corrected chi connectivity index (χ1v) is 20.2. The summed E-state index contributed by atoms with van der Waals surface area (Å²) in [4.78, 5) is 0.106. The fraction of sp³-hybridized carbons (Fsp3) is 0.500. The van der Waals surface area contributed by atoms with Gasteiger partial charge in [0, 0.05) is 37.8 Å². The van der Waals surface area contributed by atoms with E-state index in [1.165, 1.54) is 28.6 Å². The molecule has 1 spiro atoms. The fourth-order valence-corrected chi connectivity index (χ4v) is 10.3. The molecule has 0 aromatic heterocycles. The Labute approximate surface area is 298 Å². The molecule has 3 aromatic carbocycles. The number of aliphatic hydroxyl groups excluding tert-OH is 2. The van der Waals surface area contributed by atoms with Gasteiger partial charge in [-0.25, -0.2) is 21.2 Å². The Balaban J connectivity index is 1.02. The fourth-order valence-electron chi connectivity index (χ4n) is 6.84. The molecule has 1 aliphatic carbocycles. The lowest BCUT2D eigenvalue weighted by Gasteiger charge is -2.38. The van der Waals surface area contributed by atoms with E-state index in [0.717, 1.165) is 0 Å². The maximum atomic E-state index is 14.5. The van der Waals surface area contributed by atoms with Crippen molar-refractivity contribution in [3.05, 3.63) is 72.0 Å². The second kappa shape index (κ2) is 15.1. The molecule has 2 saturated heterocycles. The second-order valence-electron chi connectivity index (χ2n) is 13.6. The van der Waals surface area contributed by atoms with E-state index in [-0.39, 0.29) is 61.0 Å². The van der Waals surface area contributed by atoms with Gasteiger partial charge in [0.2, 0.25) is 10.0 Å². The molecule has 0 bridgehead atoms. The lowest BCUT2D eigenvalue weighted by molar-refractivity contribution is -0.0312. The molecule has 1 saturated carbocycles. The van der Waals surface area contributed by atoms with E-state index in [1.54, 1.807) is 43.3 Å². The standard InChI is InChI=1S/C36H46FN3O9S2/c1-2-47-33-9-8-26(25-6-7-27(20-38)32(37)16-25)17-34(33)51(45,46)40-14-12-35(13-15-40)19-28(22-49-35)39-21-29(42)23-48-30-4-3-5-31(18-30)50(43,44)36(24-41)10-11-36/h3-9,16-18,28-29,39,41-42H,2,10-15,19-24,38H2,1H3/t28-,29?/m0/s1. The first kappa shape index (κ1) is 37.6. The third-order valence-electron chi connectivity index (χ3n) is 10.2. The number of ether oxygens (including phenoxy) is 3. The number of hydrogen-bond donors (Lipinski definition) is 4. The number of piperidine rings is 1. The highest BCUT2D eigenvalue weighted by atomic mass is 32.2. The molecule has 2 atom stereocenters. The van der Waals surface area contributed by atoms with Gasteiger partial charge >= 0.3 is 0 Å². The molecule has 2 heterocycles. The van der Waals surface area contributed by atoms with Gasteiger partial charge in [0.15, 0.2) is 9.84 Å². The zero-order valence-corrected chi connectivity index (χ0v) is 30.2. The highest BCUT2D eigenvalue weighted by molar-refractivity contribution is 7.93. The van der Waals surface area contributed by atoms with E-state index in [4.69, 9.17) is 19.9 Å². The molecule has 0 radical (unpaired) electrons. The molecular formula is C36H46FN3O9S2. The Hall–Kier alpha value is -3.15. The van der Waals surface area contributed by atoms with E-state index in [9.17, 15) is 31.4 Å². The Bertz CT molecular complexity index is 1930. The Morgan fingerprint density at radius 3 is 2.41 bits per heavy atom. The van der Waals surface area contributed by atoms with Crippen LogP contribution in [0, 0.1) is 5.82 Å². The third-order valence-corrected chi connectivity index (χ3v) is 14.6. The maximum Gasteiger partial charge on any atom is 0.246 e. The molecule has 3 fully saturated rings. The summed E-state index contributed by atoms with van der Waals surface area (Å²) in [5.41, 5.74) is 6.54. The lowest BCUT2D eigenvalue weighted by Crippen LogP contribution is -2.47. The summed E-state index contributed by atoms with van der Waals surface area (Å²) >= 11 is 0. The number of rotatable bonds is 15. The van der Waals surface area contributed by atoms with Crippen molar-refractivity contribution < 1.29 is 45.6 Å². The summed E-state index contributed by atoms with van der Waals surface area (Å²) in [5, 5.41) is 23.5. The van der Waals surface area contributed by atoms with Crippen molar-refractivity contribution in [3.8, 4) is 22.6 Å². The van der Waals surface area contributed by atoms with Crippen LogP contribution in [0.4, 0.5) is 4.39 Å². The zero-order valence-electron chi connectivity index (χ0n) is 28.6. The molecule has 3 aliphatic rings. The summed E-state index contributed by atoms with van der Waals surface area (Å²) in [5.74, 6) is 0.0866. The molecule has 12 nitrogen and oxygen atoms in total. The average Bonchev–Trinajstić information content (AvgIpc) is 3.86. The van der Waals surface area contributed by atoms with Gasteiger partial charge < -0.3 is 35.5 Å². The average molecular weight is 748 g/mol. The molecule has 5 N–H and O–H groups in total. The lowest BCUT2D eigenvalue weighted by atomic mass is 9.88. The van der Waals surface area contributed by atoms with Crippen LogP contribution in [-0.2, 0) is 31.1 Å². The number of benzene rings is 3. The molecule has 51 heavy (non-hydrogen) atoms. The number of nitrogens with two attached hydrogens (primary N) is 1. The van der Waals surface area contributed by atoms with Crippen LogP contribution in [0.25, 0.3) is 11.1 Å². The smallest absolute Gasteiger partial charge is 0.246 e. The minimum Gasteiger partial charge on any atom is -0.492 e. The number of hydrogen-bond acceptors (Lipinski definition) is 11. The number of nitrogens with zero attached hydrogens (tertiary/aromatic N) is 1. The van der Waals surface area contributed by atoms with Crippen LogP contribution in [0.3, 0.4) is 0 Å². The molecule has 278 valence electrons. The van der Waals surface area contributed by atoms with Crippen LogP contribution in [0.1, 0.15) is 44.6 Å². The van der Waals surface area contributed by atoms with Gasteiger partial charge in [0.1, 0.15) is 34.9 Å². The number of aliphatic hydroxyl groups is 2. The van der Waals surface area contributed by atoms with Gasteiger partial charge in [-0.2, -0.15) is 4.31 Å². The van der Waals surface area contributed by atoms with Crippen LogP contribution >= 0.6 is 0 Å². The van der Waals surface area contributed by atoms with Gasteiger partial charge in [-0.15, -0.1) is 0 Å². The first-order chi connectivity index (χ1) is 24.3. The Morgan fingerprint density at radius 1 is 1.02 bits per heavy atom. The van der Waals surface area contributed by atoms with Gasteiger partial charge in [-0.1, -0.05) is 24.3 Å². The Kier molecular flexibility index (Phi) is 11.1. The summed E-state index contributed by atoms with van der Waals surface area (Å²) < 4.78 is 86.4. The molecule has 2 aliphatic heterocycles.